The highest BCUT2D eigenvalue weighted by atomic mass is 79.9. The molecular weight excluding hydrogens is 254 g/mol. The van der Waals surface area contributed by atoms with Gasteiger partial charge in [-0.2, -0.15) is 0 Å². The molecule has 2 nitrogen and oxygen atoms in total. The van der Waals surface area contributed by atoms with Gasteiger partial charge >= 0.3 is 0 Å². The summed E-state index contributed by atoms with van der Waals surface area (Å²) in [7, 11) is 0. The summed E-state index contributed by atoms with van der Waals surface area (Å²) in [5, 5.41) is 3.43. The SMILES string of the molecule is CC(Cc1ccc(Br)cc1)NC1OC1C. The molecule has 0 radical (unpaired) electrons. The highest BCUT2D eigenvalue weighted by Crippen LogP contribution is 2.19. The lowest BCUT2D eigenvalue weighted by Crippen LogP contribution is -2.31. The number of benzene rings is 1. The normalized spacial score (nSPS) is 26.3. The van der Waals surface area contributed by atoms with Crippen molar-refractivity contribution in [2.24, 2.45) is 0 Å². The molecule has 1 aromatic rings. The predicted octanol–water partition coefficient (Wildman–Crippen LogP) is 2.71. The lowest BCUT2D eigenvalue weighted by atomic mass is 10.1. The van der Waals surface area contributed by atoms with Gasteiger partial charge < -0.3 is 4.74 Å². The first-order valence-corrected chi connectivity index (χ1v) is 6.10. The number of nitrogens with one attached hydrogen (secondary N) is 1. The van der Waals surface area contributed by atoms with Crippen LogP contribution in [0.2, 0.25) is 0 Å². The Morgan fingerprint density at radius 2 is 2.00 bits per heavy atom. The van der Waals surface area contributed by atoms with E-state index >= 15 is 0 Å². The van der Waals surface area contributed by atoms with Crippen LogP contribution in [-0.4, -0.2) is 18.4 Å². The number of rotatable bonds is 4. The van der Waals surface area contributed by atoms with Crippen molar-refractivity contribution in [2.45, 2.75) is 38.6 Å². The second kappa shape index (κ2) is 4.64. The monoisotopic (exact) mass is 269 g/mol. The third-order valence-electron chi connectivity index (χ3n) is 2.61. The minimum absolute atomic E-state index is 0.274. The molecule has 15 heavy (non-hydrogen) atoms. The molecule has 0 spiro atoms. The molecule has 82 valence electrons. The van der Waals surface area contributed by atoms with Crippen LogP contribution in [0.5, 0.6) is 0 Å². The molecule has 2 rings (SSSR count). The highest BCUT2D eigenvalue weighted by molar-refractivity contribution is 9.10. The van der Waals surface area contributed by atoms with E-state index in [4.69, 9.17) is 4.74 Å². The third-order valence-corrected chi connectivity index (χ3v) is 3.14. The molecule has 0 aliphatic carbocycles. The van der Waals surface area contributed by atoms with Crippen LogP contribution in [-0.2, 0) is 11.2 Å². The number of halogens is 1. The van der Waals surface area contributed by atoms with Crippen molar-refractivity contribution < 1.29 is 4.74 Å². The lowest BCUT2D eigenvalue weighted by Gasteiger charge is -2.11. The average molecular weight is 270 g/mol. The van der Waals surface area contributed by atoms with Crippen molar-refractivity contribution in [2.75, 3.05) is 0 Å². The Labute approximate surface area is 99.1 Å². The second-order valence-electron chi connectivity index (χ2n) is 4.16. The van der Waals surface area contributed by atoms with Crippen molar-refractivity contribution in [3.05, 3.63) is 34.3 Å². The van der Waals surface area contributed by atoms with Gasteiger partial charge in [0.05, 0.1) is 6.10 Å². The van der Waals surface area contributed by atoms with E-state index in [2.05, 4.69) is 59.4 Å². The molecule has 1 aromatic carbocycles. The first kappa shape index (κ1) is 11.1. The molecular formula is C12H16BrNO. The zero-order chi connectivity index (χ0) is 10.8. The molecule has 0 amide bonds. The summed E-state index contributed by atoms with van der Waals surface area (Å²) in [6.45, 7) is 4.28. The van der Waals surface area contributed by atoms with Crippen LogP contribution in [0.4, 0.5) is 0 Å². The van der Waals surface area contributed by atoms with E-state index in [0.29, 0.717) is 12.1 Å². The summed E-state index contributed by atoms with van der Waals surface area (Å²) in [6, 6.07) is 8.93. The van der Waals surface area contributed by atoms with Gasteiger partial charge in [-0.15, -0.1) is 0 Å². The van der Waals surface area contributed by atoms with Crippen molar-refractivity contribution in [3.8, 4) is 0 Å². The highest BCUT2D eigenvalue weighted by Gasteiger charge is 2.34. The molecule has 1 fully saturated rings. The Bertz CT molecular complexity index is 325. The second-order valence-corrected chi connectivity index (χ2v) is 5.08. The zero-order valence-electron chi connectivity index (χ0n) is 9.03. The zero-order valence-corrected chi connectivity index (χ0v) is 10.6. The first-order chi connectivity index (χ1) is 7.15. The van der Waals surface area contributed by atoms with Crippen LogP contribution < -0.4 is 5.32 Å². The van der Waals surface area contributed by atoms with Gasteiger partial charge in [-0.1, -0.05) is 28.1 Å². The van der Waals surface area contributed by atoms with E-state index in [0.717, 1.165) is 10.9 Å². The van der Waals surface area contributed by atoms with Gasteiger partial charge in [0.15, 0.2) is 0 Å². The maximum atomic E-state index is 5.33. The standard InChI is InChI=1S/C12H16BrNO/c1-8(14-12-9(2)15-12)7-10-3-5-11(13)6-4-10/h3-6,8-9,12,14H,7H2,1-2H3. The summed E-state index contributed by atoms with van der Waals surface area (Å²) in [5.41, 5.74) is 1.35. The molecule has 0 bridgehead atoms. The number of epoxide rings is 1. The van der Waals surface area contributed by atoms with Crippen LogP contribution >= 0.6 is 15.9 Å². The molecule has 1 saturated heterocycles. The Kier molecular flexibility index (Phi) is 3.44. The molecule has 0 aromatic heterocycles. The van der Waals surface area contributed by atoms with Gasteiger partial charge in [-0.3, -0.25) is 5.32 Å². The van der Waals surface area contributed by atoms with Crippen molar-refractivity contribution in [3.63, 3.8) is 0 Å². The quantitative estimate of drug-likeness (QED) is 0.851. The molecule has 1 heterocycles. The number of hydrogen-bond donors (Lipinski definition) is 1. The van der Waals surface area contributed by atoms with E-state index in [1.165, 1.54) is 5.56 Å². The van der Waals surface area contributed by atoms with Gasteiger partial charge in [0, 0.05) is 10.5 Å². The van der Waals surface area contributed by atoms with Gasteiger partial charge in [0.25, 0.3) is 0 Å². The molecule has 1 aliphatic rings. The van der Waals surface area contributed by atoms with Crippen LogP contribution in [0.3, 0.4) is 0 Å². The van der Waals surface area contributed by atoms with Crippen LogP contribution in [0.1, 0.15) is 19.4 Å². The Hall–Kier alpha value is -0.380. The van der Waals surface area contributed by atoms with E-state index < -0.39 is 0 Å². The minimum atomic E-state index is 0.274. The van der Waals surface area contributed by atoms with E-state index in [1.54, 1.807) is 0 Å². The number of ether oxygens (including phenoxy) is 1. The lowest BCUT2D eigenvalue weighted by molar-refractivity contribution is 0.332. The van der Waals surface area contributed by atoms with E-state index in [-0.39, 0.29) is 6.23 Å². The minimum Gasteiger partial charge on any atom is -0.354 e. The Morgan fingerprint density at radius 3 is 2.53 bits per heavy atom. The summed E-state index contributed by atoms with van der Waals surface area (Å²) in [6.07, 6.45) is 1.70. The van der Waals surface area contributed by atoms with Crippen LogP contribution in [0.15, 0.2) is 28.7 Å². The Morgan fingerprint density at radius 1 is 1.40 bits per heavy atom. The van der Waals surface area contributed by atoms with Crippen molar-refractivity contribution >= 4 is 15.9 Å². The van der Waals surface area contributed by atoms with Gasteiger partial charge in [-0.05, 0) is 38.0 Å². The summed E-state index contributed by atoms with van der Waals surface area (Å²) < 4.78 is 6.46. The molecule has 3 atom stereocenters. The fraction of sp³-hybridized carbons (Fsp3) is 0.500. The summed E-state index contributed by atoms with van der Waals surface area (Å²) >= 11 is 3.43. The molecule has 1 N–H and O–H groups in total. The summed E-state index contributed by atoms with van der Waals surface area (Å²) in [5.74, 6) is 0. The molecule has 0 saturated carbocycles. The van der Waals surface area contributed by atoms with Crippen LogP contribution in [0, 0.1) is 0 Å². The predicted molar refractivity (Wildman–Crippen MR) is 64.8 cm³/mol. The topological polar surface area (TPSA) is 24.6 Å². The van der Waals surface area contributed by atoms with Crippen LogP contribution in [0.25, 0.3) is 0 Å². The average Bonchev–Trinajstić information content (AvgIpc) is 2.86. The van der Waals surface area contributed by atoms with Crippen molar-refractivity contribution in [1.82, 2.24) is 5.32 Å². The largest absolute Gasteiger partial charge is 0.354 e. The number of hydrogen-bond acceptors (Lipinski definition) is 2. The van der Waals surface area contributed by atoms with E-state index in [9.17, 15) is 0 Å². The molecule has 3 unspecified atom stereocenters. The Balaban J connectivity index is 1.82. The summed E-state index contributed by atoms with van der Waals surface area (Å²) in [4.78, 5) is 0. The third kappa shape index (κ3) is 3.30. The first-order valence-electron chi connectivity index (χ1n) is 5.31. The maximum absolute atomic E-state index is 5.33. The fourth-order valence-electron chi connectivity index (χ4n) is 1.67. The van der Waals surface area contributed by atoms with Crippen molar-refractivity contribution in [1.29, 1.82) is 0 Å². The van der Waals surface area contributed by atoms with Gasteiger partial charge in [-0.25, -0.2) is 0 Å². The fourth-order valence-corrected chi connectivity index (χ4v) is 1.94. The van der Waals surface area contributed by atoms with E-state index in [1.807, 2.05) is 0 Å². The smallest absolute Gasteiger partial charge is 0.135 e. The molecule has 3 heteroatoms. The van der Waals surface area contributed by atoms with Gasteiger partial charge in [0.2, 0.25) is 0 Å². The maximum Gasteiger partial charge on any atom is 0.135 e. The molecule has 1 aliphatic heterocycles. The van der Waals surface area contributed by atoms with Gasteiger partial charge in [0.1, 0.15) is 6.23 Å².